The highest BCUT2D eigenvalue weighted by Gasteiger charge is 2.19. The van der Waals surface area contributed by atoms with Crippen molar-refractivity contribution in [1.29, 1.82) is 0 Å². The fourth-order valence-corrected chi connectivity index (χ4v) is 3.29. The SMILES string of the molecule is CCCCCCCCCOc1c(Br)cc(-c2ccccc2)c(F)c1F. The van der Waals surface area contributed by atoms with Gasteiger partial charge in [0.25, 0.3) is 0 Å². The predicted octanol–water partition coefficient (Wildman–Crippen LogP) is 7.52. The van der Waals surface area contributed by atoms with Gasteiger partial charge in [0.15, 0.2) is 11.6 Å². The molecule has 0 spiro atoms. The first-order valence-corrected chi connectivity index (χ1v) is 9.80. The van der Waals surface area contributed by atoms with E-state index < -0.39 is 11.6 Å². The Labute approximate surface area is 157 Å². The van der Waals surface area contributed by atoms with Gasteiger partial charge >= 0.3 is 0 Å². The van der Waals surface area contributed by atoms with Crippen molar-refractivity contribution in [2.24, 2.45) is 0 Å². The number of unbranched alkanes of at least 4 members (excludes halogenated alkanes) is 6. The molecule has 2 rings (SSSR count). The number of ether oxygens (including phenoxy) is 1. The number of benzene rings is 2. The summed E-state index contributed by atoms with van der Waals surface area (Å²) < 4.78 is 34.7. The lowest BCUT2D eigenvalue weighted by Crippen LogP contribution is -2.03. The molecule has 0 saturated carbocycles. The first-order chi connectivity index (χ1) is 12.1. The van der Waals surface area contributed by atoms with Crippen LogP contribution in [0, 0.1) is 11.6 Å². The smallest absolute Gasteiger partial charge is 0.202 e. The molecule has 0 aromatic heterocycles. The Morgan fingerprint density at radius 2 is 1.52 bits per heavy atom. The Kier molecular flexibility index (Phi) is 8.39. The zero-order chi connectivity index (χ0) is 18.1. The molecule has 0 N–H and O–H groups in total. The summed E-state index contributed by atoms with van der Waals surface area (Å²) >= 11 is 3.31. The summed E-state index contributed by atoms with van der Waals surface area (Å²) in [6.45, 7) is 2.59. The molecule has 0 radical (unpaired) electrons. The Bertz CT molecular complexity index is 659. The van der Waals surface area contributed by atoms with Crippen LogP contribution in [-0.4, -0.2) is 6.61 Å². The first-order valence-electron chi connectivity index (χ1n) is 9.00. The van der Waals surface area contributed by atoms with Crippen LogP contribution in [0.2, 0.25) is 0 Å². The third-order valence-corrected chi connectivity index (χ3v) is 4.78. The summed E-state index contributed by atoms with van der Waals surface area (Å²) in [5.41, 5.74) is 0.867. The van der Waals surface area contributed by atoms with E-state index >= 15 is 0 Å². The molecule has 0 aliphatic rings. The minimum absolute atomic E-state index is 0.0387. The lowest BCUT2D eigenvalue weighted by molar-refractivity contribution is 0.283. The maximum Gasteiger partial charge on any atom is 0.202 e. The van der Waals surface area contributed by atoms with Crippen LogP contribution in [0.4, 0.5) is 8.78 Å². The van der Waals surface area contributed by atoms with Gasteiger partial charge in [0.1, 0.15) is 0 Å². The van der Waals surface area contributed by atoms with Crippen LogP contribution in [0.3, 0.4) is 0 Å². The Morgan fingerprint density at radius 1 is 0.880 bits per heavy atom. The quantitative estimate of drug-likeness (QED) is 0.290. The highest BCUT2D eigenvalue weighted by molar-refractivity contribution is 9.10. The minimum Gasteiger partial charge on any atom is -0.489 e. The van der Waals surface area contributed by atoms with Gasteiger partial charge in [0.2, 0.25) is 5.82 Å². The number of hydrogen-bond donors (Lipinski definition) is 0. The molecule has 0 heterocycles. The maximum absolute atomic E-state index is 14.4. The van der Waals surface area contributed by atoms with Gasteiger partial charge in [-0.2, -0.15) is 4.39 Å². The van der Waals surface area contributed by atoms with Gasteiger partial charge in [0, 0.05) is 5.56 Å². The molecule has 0 bridgehead atoms. The molecule has 1 nitrogen and oxygen atoms in total. The van der Waals surface area contributed by atoms with Gasteiger partial charge in [-0.25, -0.2) is 4.39 Å². The van der Waals surface area contributed by atoms with Crippen molar-refractivity contribution < 1.29 is 13.5 Å². The first kappa shape index (κ1) is 19.9. The molecule has 25 heavy (non-hydrogen) atoms. The number of hydrogen-bond acceptors (Lipinski definition) is 1. The van der Waals surface area contributed by atoms with Crippen molar-refractivity contribution in [3.05, 3.63) is 52.5 Å². The van der Waals surface area contributed by atoms with Gasteiger partial charge in [-0.15, -0.1) is 0 Å². The Morgan fingerprint density at radius 3 is 2.20 bits per heavy atom. The van der Waals surface area contributed by atoms with Crippen LogP contribution >= 0.6 is 15.9 Å². The molecule has 136 valence electrons. The van der Waals surface area contributed by atoms with Crippen LogP contribution in [0.25, 0.3) is 11.1 Å². The second-order valence-corrected chi connectivity index (χ2v) is 7.05. The summed E-state index contributed by atoms with van der Waals surface area (Å²) in [4.78, 5) is 0. The molecule has 2 aromatic rings. The molecule has 4 heteroatoms. The van der Waals surface area contributed by atoms with Crippen molar-refractivity contribution in [2.45, 2.75) is 51.9 Å². The number of halogens is 3. The standard InChI is InChI=1S/C21H25BrF2O/c1-2-3-4-5-6-7-11-14-25-21-18(22)15-17(19(23)20(21)24)16-12-9-8-10-13-16/h8-10,12-13,15H,2-7,11,14H2,1H3. The van der Waals surface area contributed by atoms with E-state index in [9.17, 15) is 8.78 Å². The van der Waals surface area contributed by atoms with E-state index in [0.717, 1.165) is 19.3 Å². The van der Waals surface area contributed by atoms with Crippen LogP contribution in [0.1, 0.15) is 51.9 Å². The van der Waals surface area contributed by atoms with Crippen molar-refractivity contribution in [2.75, 3.05) is 6.61 Å². The third kappa shape index (κ3) is 5.81. The van der Waals surface area contributed by atoms with Gasteiger partial charge in [-0.3, -0.25) is 0 Å². The average Bonchev–Trinajstić information content (AvgIpc) is 2.63. The molecule has 0 fully saturated rings. The topological polar surface area (TPSA) is 9.23 Å². The molecular weight excluding hydrogens is 386 g/mol. The fourth-order valence-electron chi connectivity index (χ4n) is 2.77. The molecule has 2 aromatic carbocycles. The zero-order valence-corrected chi connectivity index (χ0v) is 16.2. The lowest BCUT2D eigenvalue weighted by atomic mass is 10.0. The van der Waals surface area contributed by atoms with Crippen LogP contribution in [-0.2, 0) is 0 Å². The highest BCUT2D eigenvalue weighted by atomic mass is 79.9. The van der Waals surface area contributed by atoms with E-state index in [4.69, 9.17) is 4.74 Å². The van der Waals surface area contributed by atoms with E-state index in [1.807, 2.05) is 6.07 Å². The monoisotopic (exact) mass is 410 g/mol. The van der Waals surface area contributed by atoms with Crippen molar-refractivity contribution in [3.63, 3.8) is 0 Å². The van der Waals surface area contributed by atoms with E-state index in [1.165, 1.54) is 25.7 Å². The van der Waals surface area contributed by atoms with E-state index in [1.54, 1.807) is 30.3 Å². The summed E-state index contributed by atoms with van der Waals surface area (Å²) in [6.07, 6.45) is 8.07. The molecule has 0 aliphatic heterocycles. The second kappa shape index (κ2) is 10.5. The fraction of sp³-hybridized carbons (Fsp3) is 0.429. The van der Waals surface area contributed by atoms with E-state index in [0.29, 0.717) is 16.6 Å². The van der Waals surface area contributed by atoms with Gasteiger partial charge in [-0.05, 0) is 34.0 Å². The molecule has 0 amide bonds. The largest absolute Gasteiger partial charge is 0.489 e. The molecule has 0 unspecified atom stereocenters. The Hall–Kier alpha value is -1.42. The average molecular weight is 411 g/mol. The predicted molar refractivity (Wildman–Crippen MR) is 103 cm³/mol. The molecule has 0 aliphatic carbocycles. The van der Waals surface area contributed by atoms with Crippen LogP contribution < -0.4 is 4.74 Å². The molecular formula is C21H25BrF2O. The number of rotatable bonds is 10. The summed E-state index contributed by atoms with van der Waals surface area (Å²) in [7, 11) is 0. The summed E-state index contributed by atoms with van der Waals surface area (Å²) in [6, 6.07) is 10.5. The van der Waals surface area contributed by atoms with E-state index in [-0.39, 0.29) is 11.3 Å². The maximum atomic E-state index is 14.4. The molecule has 0 saturated heterocycles. The van der Waals surface area contributed by atoms with Gasteiger partial charge < -0.3 is 4.74 Å². The van der Waals surface area contributed by atoms with Crippen molar-refractivity contribution >= 4 is 15.9 Å². The van der Waals surface area contributed by atoms with Crippen molar-refractivity contribution in [1.82, 2.24) is 0 Å². The minimum atomic E-state index is -0.934. The second-order valence-electron chi connectivity index (χ2n) is 6.20. The summed E-state index contributed by atoms with van der Waals surface area (Å²) in [5, 5.41) is 0. The molecule has 0 atom stereocenters. The van der Waals surface area contributed by atoms with Crippen molar-refractivity contribution in [3.8, 4) is 16.9 Å². The zero-order valence-electron chi connectivity index (χ0n) is 14.7. The van der Waals surface area contributed by atoms with E-state index in [2.05, 4.69) is 22.9 Å². The summed E-state index contributed by atoms with van der Waals surface area (Å²) in [5.74, 6) is -1.84. The van der Waals surface area contributed by atoms with Crippen LogP contribution in [0.5, 0.6) is 5.75 Å². The Balaban J connectivity index is 1.93. The van der Waals surface area contributed by atoms with Gasteiger partial charge in [-0.1, -0.05) is 75.8 Å². The third-order valence-electron chi connectivity index (χ3n) is 4.20. The normalized spacial score (nSPS) is 10.9. The van der Waals surface area contributed by atoms with Gasteiger partial charge in [0.05, 0.1) is 11.1 Å². The van der Waals surface area contributed by atoms with Crippen LogP contribution in [0.15, 0.2) is 40.9 Å². The lowest BCUT2D eigenvalue weighted by Gasteiger charge is -2.13. The highest BCUT2D eigenvalue weighted by Crippen LogP contribution is 2.36.